The summed E-state index contributed by atoms with van der Waals surface area (Å²) in [5.74, 6) is 1.12. The maximum Gasteiger partial charge on any atom is 0.180 e. The van der Waals surface area contributed by atoms with Crippen molar-refractivity contribution in [3.63, 3.8) is 0 Å². The van der Waals surface area contributed by atoms with E-state index in [9.17, 15) is 0 Å². The van der Waals surface area contributed by atoms with Crippen LogP contribution in [-0.4, -0.2) is 29.1 Å². The number of aromatic nitrogens is 2. The van der Waals surface area contributed by atoms with Gasteiger partial charge in [-0.15, -0.1) is 0 Å². The third-order valence-electron chi connectivity index (χ3n) is 3.37. The zero-order valence-electron chi connectivity index (χ0n) is 13.7. The van der Waals surface area contributed by atoms with Crippen LogP contribution in [0.15, 0.2) is 47.8 Å². The third kappa shape index (κ3) is 3.36. The van der Waals surface area contributed by atoms with Crippen molar-refractivity contribution < 1.29 is 9.47 Å². The molecule has 0 N–H and O–H groups in total. The molecule has 0 spiro atoms. The number of halogens is 1. The van der Waals surface area contributed by atoms with Crippen LogP contribution in [0, 0.1) is 0 Å². The molecule has 0 aliphatic carbocycles. The monoisotopic (exact) mass is 343 g/mol. The summed E-state index contributed by atoms with van der Waals surface area (Å²) in [6, 6.07) is 11.4. The highest BCUT2D eigenvalue weighted by Crippen LogP contribution is 2.36. The lowest BCUT2D eigenvalue weighted by Crippen LogP contribution is -2.07. The van der Waals surface area contributed by atoms with Crippen molar-refractivity contribution in [1.82, 2.24) is 9.66 Å². The first-order valence-corrected chi connectivity index (χ1v) is 7.97. The highest BCUT2D eigenvalue weighted by Gasteiger charge is 2.13. The second-order valence-corrected chi connectivity index (χ2v) is 5.93. The molecule has 3 rings (SSSR count). The normalized spacial score (nSPS) is 11.5. The Balaban J connectivity index is 1.94. The summed E-state index contributed by atoms with van der Waals surface area (Å²) >= 11 is 6.33. The van der Waals surface area contributed by atoms with Crippen molar-refractivity contribution in [2.45, 2.75) is 20.0 Å². The molecule has 1 aromatic heterocycles. The fourth-order valence-corrected chi connectivity index (χ4v) is 2.60. The van der Waals surface area contributed by atoms with E-state index in [0.717, 1.165) is 16.6 Å². The van der Waals surface area contributed by atoms with Gasteiger partial charge in [-0.05, 0) is 43.7 Å². The van der Waals surface area contributed by atoms with Gasteiger partial charge in [0.25, 0.3) is 0 Å². The fraction of sp³-hybridized carbons (Fsp3) is 0.222. The van der Waals surface area contributed by atoms with Crippen LogP contribution >= 0.6 is 11.6 Å². The Hall–Kier alpha value is -2.53. The zero-order chi connectivity index (χ0) is 17.1. The molecule has 0 aliphatic rings. The SMILES string of the molecule is COc1cc(/C=N\n2cnc3ccccc32)cc(Cl)c1OC(C)C. The third-order valence-corrected chi connectivity index (χ3v) is 3.65. The summed E-state index contributed by atoms with van der Waals surface area (Å²) in [6.45, 7) is 3.88. The van der Waals surface area contributed by atoms with Crippen LogP contribution in [0.1, 0.15) is 19.4 Å². The topological polar surface area (TPSA) is 48.6 Å². The second kappa shape index (κ2) is 6.93. The molecular formula is C18H18ClN3O2. The van der Waals surface area contributed by atoms with Gasteiger partial charge in [0.1, 0.15) is 6.33 Å². The van der Waals surface area contributed by atoms with Gasteiger partial charge in [-0.3, -0.25) is 0 Å². The highest BCUT2D eigenvalue weighted by molar-refractivity contribution is 6.32. The van der Waals surface area contributed by atoms with Crippen LogP contribution < -0.4 is 9.47 Å². The van der Waals surface area contributed by atoms with E-state index in [1.807, 2.05) is 44.2 Å². The minimum atomic E-state index is 0.00762. The number of methoxy groups -OCH3 is 1. The summed E-state index contributed by atoms with van der Waals surface area (Å²) in [5.41, 5.74) is 2.64. The summed E-state index contributed by atoms with van der Waals surface area (Å²) in [6.07, 6.45) is 3.39. The minimum absolute atomic E-state index is 0.00762. The Labute approximate surface area is 145 Å². The minimum Gasteiger partial charge on any atom is -0.493 e. The van der Waals surface area contributed by atoms with E-state index in [-0.39, 0.29) is 6.10 Å². The standard InChI is InChI=1S/C18H18ClN3O2/c1-12(2)24-18-14(19)8-13(9-17(18)23-3)10-21-22-11-20-15-6-4-5-7-16(15)22/h4-12H,1-3H3/b21-10-. The maximum atomic E-state index is 6.33. The number of nitrogens with zero attached hydrogens (tertiary/aromatic N) is 3. The van der Waals surface area contributed by atoms with Crippen molar-refractivity contribution in [2.75, 3.05) is 7.11 Å². The summed E-state index contributed by atoms with van der Waals surface area (Å²) in [7, 11) is 1.59. The number of para-hydroxylation sites is 2. The van der Waals surface area contributed by atoms with E-state index in [1.54, 1.807) is 30.4 Å². The number of benzene rings is 2. The number of ether oxygens (including phenoxy) is 2. The molecule has 3 aromatic rings. The molecule has 0 amide bonds. The Kier molecular flexibility index (Phi) is 4.71. The smallest absolute Gasteiger partial charge is 0.180 e. The van der Waals surface area contributed by atoms with Gasteiger partial charge in [0.05, 0.1) is 35.5 Å². The summed E-state index contributed by atoms with van der Waals surface area (Å²) in [4.78, 5) is 4.31. The van der Waals surface area contributed by atoms with Gasteiger partial charge in [0.2, 0.25) is 0 Å². The van der Waals surface area contributed by atoms with Gasteiger partial charge in [-0.1, -0.05) is 23.7 Å². The molecule has 5 nitrogen and oxygen atoms in total. The molecule has 0 aliphatic heterocycles. The predicted octanol–water partition coefficient (Wildman–Crippen LogP) is 4.37. The molecule has 2 aromatic carbocycles. The molecule has 0 saturated heterocycles. The summed E-state index contributed by atoms with van der Waals surface area (Å²) in [5, 5.41) is 4.93. The van der Waals surface area contributed by atoms with Crippen LogP contribution in [0.2, 0.25) is 5.02 Å². The van der Waals surface area contributed by atoms with Crippen LogP contribution in [0.5, 0.6) is 11.5 Å². The van der Waals surface area contributed by atoms with Gasteiger partial charge < -0.3 is 9.47 Å². The van der Waals surface area contributed by atoms with Gasteiger partial charge in [-0.25, -0.2) is 9.66 Å². The van der Waals surface area contributed by atoms with Crippen LogP contribution in [0.25, 0.3) is 11.0 Å². The van der Waals surface area contributed by atoms with Gasteiger partial charge >= 0.3 is 0 Å². The van der Waals surface area contributed by atoms with E-state index in [1.165, 1.54) is 0 Å². The lowest BCUT2D eigenvalue weighted by Gasteiger charge is -2.15. The Bertz CT molecular complexity index is 887. The molecule has 0 bridgehead atoms. The van der Waals surface area contributed by atoms with Crippen LogP contribution in [-0.2, 0) is 0 Å². The maximum absolute atomic E-state index is 6.33. The number of imidazole rings is 1. The first-order chi connectivity index (χ1) is 11.6. The molecular weight excluding hydrogens is 326 g/mol. The molecule has 0 fully saturated rings. The molecule has 24 heavy (non-hydrogen) atoms. The van der Waals surface area contributed by atoms with Crippen molar-refractivity contribution in [2.24, 2.45) is 5.10 Å². The Morgan fingerprint density at radius 1 is 1.25 bits per heavy atom. The van der Waals surface area contributed by atoms with E-state index in [2.05, 4.69) is 10.1 Å². The predicted molar refractivity (Wildman–Crippen MR) is 96.5 cm³/mol. The van der Waals surface area contributed by atoms with Gasteiger partial charge in [0.15, 0.2) is 11.5 Å². The summed E-state index contributed by atoms with van der Waals surface area (Å²) < 4.78 is 12.8. The van der Waals surface area contributed by atoms with Crippen molar-refractivity contribution in [1.29, 1.82) is 0 Å². The molecule has 124 valence electrons. The van der Waals surface area contributed by atoms with E-state index in [4.69, 9.17) is 21.1 Å². The lowest BCUT2D eigenvalue weighted by atomic mass is 10.2. The van der Waals surface area contributed by atoms with Crippen LogP contribution in [0.4, 0.5) is 0 Å². The average Bonchev–Trinajstić information content (AvgIpc) is 2.98. The average molecular weight is 344 g/mol. The van der Waals surface area contributed by atoms with Crippen LogP contribution in [0.3, 0.4) is 0 Å². The second-order valence-electron chi connectivity index (χ2n) is 5.52. The van der Waals surface area contributed by atoms with E-state index < -0.39 is 0 Å². The largest absolute Gasteiger partial charge is 0.493 e. The lowest BCUT2D eigenvalue weighted by molar-refractivity contribution is 0.230. The fourth-order valence-electron chi connectivity index (χ4n) is 2.33. The van der Waals surface area contributed by atoms with Crippen molar-refractivity contribution >= 4 is 28.8 Å². The van der Waals surface area contributed by atoms with Crippen molar-refractivity contribution in [3.8, 4) is 11.5 Å². The van der Waals surface area contributed by atoms with Gasteiger partial charge in [0, 0.05) is 0 Å². The highest BCUT2D eigenvalue weighted by atomic mass is 35.5. The molecule has 0 saturated carbocycles. The number of hydrogen-bond acceptors (Lipinski definition) is 4. The number of fused-ring (bicyclic) bond motifs is 1. The molecule has 6 heteroatoms. The van der Waals surface area contributed by atoms with Crippen molar-refractivity contribution in [3.05, 3.63) is 53.3 Å². The quantitative estimate of drug-likeness (QED) is 0.646. The van der Waals surface area contributed by atoms with E-state index in [0.29, 0.717) is 16.5 Å². The first kappa shape index (κ1) is 16.3. The molecule has 0 radical (unpaired) electrons. The number of rotatable bonds is 5. The molecule has 1 heterocycles. The zero-order valence-corrected chi connectivity index (χ0v) is 14.5. The number of hydrogen-bond donors (Lipinski definition) is 0. The molecule has 0 unspecified atom stereocenters. The Morgan fingerprint density at radius 3 is 2.79 bits per heavy atom. The first-order valence-electron chi connectivity index (χ1n) is 7.59. The van der Waals surface area contributed by atoms with Gasteiger partial charge in [-0.2, -0.15) is 5.10 Å². The Morgan fingerprint density at radius 2 is 2.04 bits per heavy atom. The molecule has 0 atom stereocenters. The van der Waals surface area contributed by atoms with E-state index >= 15 is 0 Å².